The number of ether oxygens (including phenoxy) is 1. The van der Waals surface area contributed by atoms with Crippen LogP contribution >= 0.6 is 0 Å². The third kappa shape index (κ3) is 1.35. The zero-order valence-corrected chi connectivity index (χ0v) is 8.03. The van der Waals surface area contributed by atoms with Gasteiger partial charge in [-0.2, -0.15) is 0 Å². The zero-order chi connectivity index (χ0) is 9.97. The van der Waals surface area contributed by atoms with Crippen LogP contribution in [0.25, 0.3) is 16.8 Å². The highest BCUT2D eigenvalue weighted by Gasteiger charge is 2.03. The van der Waals surface area contributed by atoms with Gasteiger partial charge >= 0.3 is 0 Å². The van der Waals surface area contributed by atoms with Gasteiger partial charge in [-0.25, -0.2) is 4.98 Å². The number of nitrogens with zero attached hydrogens (tertiary/aromatic N) is 1. The molecule has 0 unspecified atom stereocenters. The van der Waals surface area contributed by atoms with Gasteiger partial charge in [0.05, 0.1) is 12.8 Å². The molecule has 2 rings (SSSR count). The molecule has 0 aliphatic rings. The van der Waals surface area contributed by atoms with E-state index >= 15 is 0 Å². The normalized spacial score (nSPS) is 10.1. The molecule has 0 fully saturated rings. The van der Waals surface area contributed by atoms with E-state index in [0.717, 1.165) is 16.5 Å². The smallest absolute Gasteiger partial charge is 0.221 e. The first-order chi connectivity index (χ1) is 6.85. The van der Waals surface area contributed by atoms with E-state index < -0.39 is 0 Å². The van der Waals surface area contributed by atoms with Gasteiger partial charge in [-0.15, -0.1) is 0 Å². The van der Waals surface area contributed by atoms with Crippen molar-refractivity contribution in [2.75, 3.05) is 7.11 Å². The summed E-state index contributed by atoms with van der Waals surface area (Å²) in [5.41, 5.74) is 0.834. The molecule has 2 nitrogen and oxygen atoms in total. The van der Waals surface area contributed by atoms with Crippen LogP contribution < -0.4 is 4.74 Å². The van der Waals surface area contributed by atoms with Crippen LogP contribution in [0.1, 0.15) is 5.69 Å². The van der Waals surface area contributed by atoms with Gasteiger partial charge in [0.2, 0.25) is 5.88 Å². The predicted octanol–water partition coefficient (Wildman–Crippen LogP) is 2.89. The molecule has 1 heterocycles. The van der Waals surface area contributed by atoms with E-state index in [-0.39, 0.29) is 0 Å². The molecular formula is C12H11NO. The number of pyridine rings is 1. The molecule has 0 bridgehead atoms. The first-order valence-corrected chi connectivity index (χ1v) is 4.41. The number of hydrogen-bond donors (Lipinski definition) is 0. The van der Waals surface area contributed by atoms with Gasteiger partial charge in [0.15, 0.2) is 0 Å². The molecule has 1 aromatic heterocycles. The van der Waals surface area contributed by atoms with Crippen molar-refractivity contribution in [3.8, 4) is 5.88 Å². The molecule has 0 spiro atoms. The van der Waals surface area contributed by atoms with Crippen LogP contribution in [0.3, 0.4) is 0 Å². The van der Waals surface area contributed by atoms with Crippen molar-refractivity contribution in [1.29, 1.82) is 0 Å². The van der Waals surface area contributed by atoms with Crippen LogP contribution in [-0.2, 0) is 0 Å². The summed E-state index contributed by atoms with van der Waals surface area (Å²) < 4.78 is 5.21. The monoisotopic (exact) mass is 185 g/mol. The van der Waals surface area contributed by atoms with Crippen LogP contribution in [0.5, 0.6) is 5.88 Å². The van der Waals surface area contributed by atoms with Gasteiger partial charge < -0.3 is 4.74 Å². The maximum absolute atomic E-state index is 5.21. The third-order valence-electron chi connectivity index (χ3n) is 2.13. The Morgan fingerprint density at radius 2 is 2.14 bits per heavy atom. The lowest BCUT2D eigenvalue weighted by atomic mass is 10.1. The van der Waals surface area contributed by atoms with Crippen LogP contribution in [0, 0.1) is 0 Å². The molecule has 0 saturated carbocycles. The van der Waals surface area contributed by atoms with Gasteiger partial charge in [0.25, 0.3) is 0 Å². The molecule has 0 aliphatic carbocycles. The van der Waals surface area contributed by atoms with E-state index in [0.29, 0.717) is 5.88 Å². The fraction of sp³-hybridized carbons (Fsp3) is 0.0833. The summed E-state index contributed by atoms with van der Waals surface area (Å²) in [5, 5.41) is 2.15. The highest BCUT2D eigenvalue weighted by atomic mass is 16.5. The summed E-state index contributed by atoms with van der Waals surface area (Å²) in [6.07, 6.45) is 1.72. The maximum Gasteiger partial charge on any atom is 0.221 e. The topological polar surface area (TPSA) is 22.1 Å². The fourth-order valence-corrected chi connectivity index (χ4v) is 1.45. The lowest BCUT2D eigenvalue weighted by Crippen LogP contribution is -1.91. The summed E-state index contributed by atoms with van der Waals surface area (Å²) in [6, 6.07) is 9.99. The van der Waals surface area contributed by atoms with Gasteiger partial charge in [-0.3, -0.25) is 0 Å². The van der Waals surface area contributed by atoms with Crippen molar-refractivity contribution in [2.45, 2.75) is 0 Å². The van der Waals surface area contributed by atoms with E-state index in [1.54, 1.807) is 13.2 Å². The molecule has 2 heteroatoms. The molecule has 0 atom stereocenters. The lowest BCUT2D eigenvalue weighted by Gasteiger charge is -2.05. The average molecular weight is 185 g/mol. The highest BCUT2D eigenvalue weighted by molar-refractivity contribution is 5.88. The summed E-state index contributed by atoms with van der Waals surface area (Å²) in [6.45, 7) is 3.70. The minimum Gasteiger partial charge on any atom is -0.481 e. The SMILES string of the molecule is C=Cc1cc2ccccc2c(OC)n1. The lowest BCUT2D eigenvalue weighted by molar-refractivity contribution is 0.403. The maximum atomic E-state index is 5.21. The Morgan fingerprint density at radius 1 is 1.36 bits per heavy atom. The molecule has 0 N–H and O–H groups in total. The van der Waals surface area contributed by atoms with E-state index in [1.807, 2.05) is 30.3 Å². The number of hydrogen-bond acceptors (Lipinski definition) is 2. The Morgan fingerprint density at radius 3 is 2.86 bits per heavy atom. The second-order valence-corrected chi connectivity index (χ2v) is 2.98. The Balaban J connectivity index is 2.79. The molecule has 70 valence electrons. The van der Waals surface area contributed by atoms with E-state index in [2.05, 4.69) is 11.6 Å². The Labute approximate surface area is 82.9 Å². The van der Waals surface area contributed by atoms with E-state index in [4.69, 9.17) is 4.74 Å². The van der Waals surface area contributed by atoms with Crippen LogP contribution in [0.4, 0.5) is 0 Å². The highest BCUT2D eigenvalue weighted by Crippen LogP contribution is 2.24. The fourth-order valence-electron chi connectivity index (χ4n) is 1.45. The quantitative estimate of drug-likeness (QED) is 0.717. The summed E-state index contributed by atoms with van der Waals surface area (Å²) in [4.78, 5) is 4.30. The largest absolute Gasteiger partial charge is 0.481 e. The predicted molar refractivity (Wildman–Crippen MR) is 58.4 cm³/mol. The molecule has 1 aromatic carbocycles. The second kappa shape index (κ2) is 3.50. The molecular weight excluding hydrogens is 174 g/mol. The Bertz CT molecular complexity index is 477. The standard InChI is InChI=1S/C12H11NO/c1-3-10-8-9-6-4-5-7-11(9)12(13-10)14-2/h3-8H,1H2,2H3. The number of benzene rings is 1. The summed E-state index contributed by atoms with van der Waals surface area (Å²) in [5.74, 6) is 0.651. The molecule has 0 amide bonds. The molecule has 0 radical (unpaired) electrons. The molecule has 14 heavy (non-hydrogen) atoms. The third-order valence-corrected chi connectivity index (χ3v) is 2.13. The van der Waals surface area contributed by atoms with Crippen LogP contribution in [-0.4, -0.2) is 12.1 Å². The van der Waals surface area contributed by atoms with Crippen LogP contribution in [0.2, 0.25) is 0 Å². The van der Waals surface area contributed by atoms with Gasteiger partial charge in [0.1, 0.15) is 0 Å². The number of fused-ring (bicyclic) bond motifs is 1. The zero-order valence-electron chi connectivity index (χ0n) is 8.03. The first-order valence-electron chi connectivity index (χ1n) is 4.41. The van der Waals surface area contributed by atoms with Gasteiger partial charge in [-0.05, 0) is 23.6 Å². The van der Waals surface area contributed by atoms with Crippen LogP contribution in [0.15, 0.2) is 36.9 Å². The molecule has 0 aliphatic heterocycles. The van der Waals surface area contributed by atoms with E-state index in [9.17, 15) is 0 Å². The Kier molecular flexibility index (Phi) is 2.19. The number of methoxy groups -OCH3 is 1. The van der Waals surface area contributed by atoms with Gasteiger partial charge in [0, 0.05) is 5.39 Å². The van der Waals surface area contributed by atoms with Crippen molar-refractivity contribution in [3.05, 3.63) is 42.6 Å². The van der Waals surface area contributed by atoms with Crippen molar-refractivity contribution in [2.24, 2.45) is 0 Å². The molecule has 0 saturated heterocycles. The second-order valence-electron chi connectivity index (χ2n) is 2.98. The summed E-state index contributed by atoms with van der Waals surface area (Å²) >= 11 is 0. The Hall–Kier alpha value is -1.83. The minimum absolute atomic E-state index is 0.651. The van der Waals surface area contributed by atoms with Crippen molar-refractivity contribution < 1.29 is 4.74 Å². The average Bonchev–Trinajstić information content (AvgIpc) is 2.27. The van der Waals surface area contributed by atoms with Gasteiger partial charge in [-0.1, -0.05) is 24.8 Å². The summed E-state index contributed by atoms with van der Waals surface area (Å²) in [7, 11) is 1.63. The van der Waals surface area contributed by atoms with Crippen molar-refractivity contribution >= 4 is 16.8 Å². The number of aromatic nitrogens is 1. The van der Waals surface area contributed by atoms with Crippen molar-refractivity contribution in [3.63, 3.8) is 0 Å². The molecule has 2 aromatic rings. The van der Waals surface area contributed by atoms with Crippen molar-refractivity contribution in [1.82, 2.24) is 4.98 Å². The first kappa shape index (κ1) is 8.75. The number of rotatable bonds is 2. The minimum atomic E-state index is 0.651. The van der Waals surface area contributed by atoms with E-state index in [1.165, 1.54) is 0 Å².